The molecule has 1 rings (SSSR count). The van der Waals surface area contributed by atoms with Crippen LogP contribution in [0, 0.1) is 0 Å². The Morgan fingerprint density at radius 2 is 2.38 bits per heavy atom. The van der Waals surface area contributed by atoms with Crippen molar-refractivity contribution in [3.05, 3.63) is 12.2 Å². The van der Waals surface area contributed by atoms with Gasteiger partial charge in [-0.25, -0.2) is 0 Å². The highest BCUT2D eigenvalue weighted by molar-refractivity contribution is 5.85. The molecule has 1 aliphatic rings. The number of methoxy groups -OCH3 is 1. The fourth-order valence-electron chi connectivity index (χ4n) is 1.33. The van der Waals surface area contributed by atoms with E-state index in [2.05, 4.69) is 5.32 Å². The largest absolute Gasteiger partial charge is 0.381 e. The molecule has 3 N–H and O–H groups in total. The average Bonchev–Trinajstić information content (AvgIpc) is 2.00. The predicted molar refractivity (Wildman–Crippen MR) is 50.2 cm³/mol. The molecular formula is C9H16N2O2. The summed E-state index contributed by atoms with van der Waals surface area (Å²) in [5.74, 6) is -0.398. The van der Waals surface area contributed by atoms with Crippen LogP contribution in [-0.4, -0.2) is 31.7 Å². The molecule has 0 radical (unpaired) electrons. The van der Waals surface area contributed by atoms with Gasteiger partial charge >= 0.3 is 0 Å². The molecule has 0 heterocycles. The number of nitrogens with one attached hydrogen (secondary N) is 1. The molecule has 74 valence electrons. The van der Waals surface area contributed by atoms with E-state index in [9.17, 15) is 4.79 Å². The minimum atomic E-state index is -0.398. The molecule has 1 aliphatic carbocycles. The van der Waals surface area contributed by atoms with E-state index < -0.39 is 5.91 Å². The molecule has 0 atom stereocenters. The minimum absolute atomic E-state index is 0.398. The van der Waals surface area contributed by atoms with Crippen LogP contribution in [0.5, 0.6) is 0 Å². The van der Waals surface area contributed by atoms with Gasteiger partial charge < -0.3 is 15.8 Å². The van der Waals surface area contributed by atoms with Gasteiger partial charge in [-0.15, -0.1) is 0 Å². The number of hydrogen-bond donors (Lipinski definition) is 2. The zero-order valence-corrected chi connectivity index (χ0v) is 7.82. The number of rotatable bonds is 5. The normalized spacial score (nSPS) is 27.5. The van der Waals surface area contributed by atoms with Crippen LogP contribution in [0.25, 0.3) is 0 Å². The van der Waals surface area contributed by atoms with Gasteiger partial charge in [-0.1, -0.05) is 6.08 Å². The molecular weight excluding hydrogens is 168 g/mol. The smallest absolute Gasteiger partial charge is 0.241 e. The lowest BCUT2D eigenvalue weighted by Gasteiger charge is -2.34. The third kappa shape index (κ3) is 3.57. The zero-order chi connectivity index (χ0) is 9.68. The van der Waals surface area contributed by atoms with E-state index in [4.69, 9.17) is 10.5 Å². The summed E-state index contributed by atoms with van der Waals surface area (Å²) < 4.78 is 5.13. The first-order valence-corrected chi connectivity index (χ1v) is 4.44. The highest BCUT2D eigenvalue weighted by Gasteiger charge is 2.27. The van der Waals surface area contributed by atoms with Gasteiger partial charge in [0.15, 0.2) is 0 Å². The molecule has 1 amide bonds. The molecule has 0 aromatic rings. The van der Waals surface area contributed by atoms with Crippen molar-refractivity contribution in [2.24, 2.45) is 5.73 Å². The zero-order valence-electron chi connectivity index (χ0n) is 7.82. The van der Waals surface area contributed by atoms with Gasteiger partial charge in [-0.3, -0.25) is 4.79 Å². The second-order valence-corrected chi connectivity index (χ2v) is 3.24. The number of nitrogens with two attached hydrogens (primary N) is 1. The van der Waals surface area contributed by atoms with Crippen LogP contribution < -0.4 is 11.1 Å². The van der Waals surface area contributed by atoms with E-state index >= 15 is 0 Å². The number of amides is 1. The molecule has 4 heteroatoms. The average molecular weight is 184 g/mol. The lowest BCUT2D eigenvalue weighted by Crippen LogP contribution is -2.45. The molecule has 0 saturated heterocycles. The highest BCUT2D eigenvalue weighted by atomic mass is 16.5. The van der Waals surface area contributed by atoms with Crippen molar-refractivity contribution < 1.29 is 9.53 Å². The van der Waals surface area contributed by atoms with E-state index in [0.717, 1.165) is 12.8 Å². The van der Waals surface area contributed by atoms with Crippen LogP contribution in [0.15, 0.2) is 12.2 Å². The number of ether oxygens (including phenoxy) is 1. The molecule has 1 fully saturated rings. The van der Waals surface area contributed by atoms with Crippen molar-refractivity contribution in [1.29, 1.82) is 0 Å². The third-order valence-corrected chi connectivity index (χ3v) is 2.23. The van der Waals surface area contributed by atoms with Gasteiger partial charge in [-0.05, 0) is 18.9 Å². The maximum Gasteiger partial charge on any atom is 0.241 e. The van der Waals surface area contributed by atoms with Crippen molar-refractivity contribution >= 4 is 5.91 Å². The summed E-state index contributed by atoms with van der Waals surface area (Å²) in [5.41, 5.74) is 4.93. The number of carbonyl (C=O) groups is 1. The summed E-state index contributed by atoms with van der Waals surface area (Å²) in [6, 6.07) is 0.530. The Morgan fingerprint density at radius 3 is 2.92 bits per heavy atom. The second-order valence-electron chi connectivity index (χ2n) is 3.24. The number of carbonyl (C=O) groups excluding carboxylic acids is 1. The Morgan fingerprint density at radius 1 is 1.69 bits per heavy atom. The van der Waals surface area contributed by atoms with E-state index in [-0.39, 0.29) is 0 Å². The fourth-order valence-corrected chi connectivity index (χ4v) is 1.33. The first kappa shape index (κ1) is 10.2. The molecule has 0 spiro atoms. The van der Waals surface area contributed by atoms with Gasteiger partial charge in [0.2, 0.25) is 5.91 Å². The number of primary amides is 1. The summed E-state index contributed by atoms with van der Waals surface area (Å²) in [6.07, 6.45) is 5.64. The van der Waals surface area contributed by atoms with Gasteiger partial charge in [0.1, 0.15) is 0 Å². The maximum absolute atomic E-state index is 10.3. The molecule has 4 nitrogen and oxygen atoms in total. The van der Waals surface area contributed by atoms with Gasteiger partial charge in [0, 0.05) is 19.7 Å². The van der Waals surface area contributed by atoms with Crippen LogP contribution in [0.3, 0.4) is 0 Å². The van der Waals surface area contributed by atoms with Crippen LogP contribution in [0.1, 0.15) is 12.8 Å². The summed E-state index contributed by atoms with van der Waals surface area (Å²) >= 11 is 0. The van der Waals surface area contributed by atoms with Gasteiger partial charge in [0.25, 0.3) is 0 Å². The SMILES string of the molecule is COC1CC(NCC=CC(N)=O)C1. The Kier molecular flexibility index (Phi) is 3.92. The lowest BCUT2D eigenvalue weighted by atomic mass is 9.89. The molecule has 0 unspecified atom stereocenters. The van der Waals surface area contributed by atoms with E-state index in [0.29, 0.717) is 18.7 Å². The van der Waals surface area contributed by atoms with Crippen molar-refractivity contribution in [3.8, 4) is 0 Å². The second kappa shape index (κ2) is 4.99. The van der Waals surface area contributed by atoms with Crippen LogP contribution in [0.2, 0.25) is 0 Å². The van der Waals surface area contributed by atoms with E-state index in [1.807, 2.05) is 0 Å². The minimum Gasteiger partial charge on any atom is -0.381 e. The monoisotopic (exact) mass is 184 g/mol. The molecule has 0 bridgehead atoms. The highest BCUT2D eigenvalue weighted by Crippen LogP contribution is 2.21. The quantitative estimate of drug-likeness (QED) is 0.581. The summed E-state index contributed by atoms with van der Waals surface area (Å²) in [7, 11) is 1.73. The van der Waals surface area contributed by atoms with Crippen LogP contribution in [0.4, 0.5) is 0 Å². The molecule has 13 heavy (non-hydrogen) atoms. The van der Waals surface area contributed by atoms with Crippen molar-refractivity contribution in [2.45, 2.75) is 25.0 Å². The van der Waals surface area contributed by atoms with Crippen LogP contribution in [-0.2, 0) is 9.53 Å². The first-order valence-electron chi connectivity index (χ1n) is 4.44. The van der Waals surface area contributed by atoms with Gasteiger partial charge in [0.05, 0.1) is 6.10 Å². The third-order valence-electron chi connectivity index (χ3n) is 2.23. The van der Waals surface area contributed by atoms with Crippen molar-refractivity contribution in [3.63, 3.8) is 0 Å². The summed E-state index contributed by atoms with van der Waals surface area (Å²) in [4.78, 5) is 10.3. The Hall–Kier alpha value is -0.870. The summed E-state index contributed by atoms with van der Waals surface area (Å²) in [6.45, 7) is 0.698. The van der Waals surface area contributed by atoms with E-state index in [1.165, 1.54) is 6.08 Å². The van der Waals surface area contributed by atoms with Gasteiger partial charge in [-0.2, -0.15) is 0 Å². The predicted octanol–water partition coefficient (Wildman–Crippen LogP) is -0.205. The molecule has 0 aromatic heterocycles. The molecule has 0 aliphatic heterocycles. The van der Waals surface area contributed by atoms with Crippen molar-refractivity contribution in [2.75, 3.05) is 13.7 Å². The Balaban J connectivity index is 1.99. The Bertz CT molecular complexity index is 198. The lowest BCUT2D eigenvalue weighted by molar-refractivity contribution is -0.113. The molecule has 1 saturated carbocycles. The number of hydrogen-bond acceptors (Lipinski definition) is 3. The fraction of sp³-hybridized carbons (Fsp3) is 0.667. The Labute approximate surface area is 78.1 Å². The van der Waals surface area contributed by atoms with Crippen LogP contribution >= 0.6 is 0 Å². The standard InChI is InChI=1S/C9H16N2O2/c1-13-8-5-7(6-8)11-4-2-3-9(10)12/h2-3,7-8,11H,4-6H2,1H3,(H2,10,12). The molecule has 0 aromatic carbocycles. The van der Waals surface area contributed by atoms with Crippen molar-refractivity contribution in [1.82, 2.24) is 5.32 Å². The summed E-state index contributed by atoms with van der Waals surface area (Å²) in [5, 5.41) is 3.26. The van der Waals surface area contributed by atoms with E-state index in [1.54, 1.807) is 13.2 Å². The first-order chi connectivity index (χ1) is 6.22. The topological polar surface area (TPSA) is 64.3 Å². The maximum atomic E-state index is 10.3.